The highest BCUT2D eigenvalue weighted by Crippen LogP contribution is 2.11. The zero-order valence-electron chi connectivity index (χ0n) is 10.4. The topological polar surface area (TPSA) is 0 Å². The van der Waals surface area contributed by atoms with Gasteiger partial charge in [0.2, 0.25) is 0 Å². The summed E-state index contributed by atoms with van der Waals surface area (Å²) in [7, 11) is 0. The summed E-state index contributed by atoms with van der Waals surface area (Å²) >= 11 is 4.19. The minimum absolute atomic E-state index is 0.905. The Bertz CT molecular complexity index is 483. The zero-order chi connectivity index (χ0) is 12.6. The van der Waals surface area contributed by atoms with Crippen molar-refractivity contribution >= 4 is 18.7 Å². The molecule has 0 spiro atoms. The van der Waals surface area contributed by atoms with Crippen LogP contribution in [0.25, 0.3) is 6.08 Å². The minimum atomic E-state index is 0.905. The van der Waals surface area contributed by atoms with Crippen LogP contribution in [0.2, 0.25) is 0 Å². The second-order valence-electron chi connectivity index (χ2n) is 4.32. The van der Waals surface area contributed by atoms with Gasteiger partial charge in [-0.3, -0.25) is 0 Å². The lowest BCUT2D eigenvalue weighted by molar-refractivity contribution is 1.19. The van der Waals surface area contributed by atoms with E-state index in [1.807, 2.05) is 0 Å². The molecular weight excluding hydrogens is 236 g/mol. The van der Waals surface area contributed by atoms with Crippen molar-refractivity contribution in [2.45, 2.75) is 12.8 Å². The lowest BCUT2D eigenvalue weighted by atomic mass is 10.0. The van der Waals surface area contributed by atoms with Gasteiger partial charge < -0.3 is 0 Å². The van der Waals surface area contributed by atoms with Crippen molar-refractivity contribution < 1.29 is 0 Å². The van der Waals surface area contributed by atoms with Crippen molar-refractivity contribution in [2.24, 2.45) is 0 Å². The molecule has 0 N–H and O–H groups in total. The molecule has 0 heterocycles. The molecule has 0 unspecified atom stereocenters. The highest BCUT2D eigenvalue weighted by Gasteiger charge is 1.95. The van der Waals surface area contributed by atoms with E-state index in [0.717, 1.165) is 18.6 Å². The molecule has 2 aromatic carbocycles. The number of hydrogen-bond donors (Lipinski definition) is 1. The first-order chi connectivity index (χ1) is 8.88. The van der Waals surface area contributed by atoms with Crippen molar-refractivity contribution in [3.05, 3.63) is 77.4 Å². The smallest absolute Gasteiger partial charge is 0.00258 e. The Labute approximate surface area is 115 Å². The average molecular weight is 254 g/mol. The summed E-state index contributed by atoms with van der Waals surface area (Å²) in [6.07, 6.45) is 6.35. The van der Waals surface area contributed by atoms with Gasteiger partial charge in [0.1, 0.15) is 0 Å². The van der Waals surface area contributed by atoms with Gasteiger partial charge in [-0.25, -0.2) is 0 Å². The first-order valence-electron chi connectivity index (χ1n) is 6.29. The predicted molar refractivity (Wildman–Crippen MR) is 83.2 cm³/mol. The highest BCUT2D eigenvalue weighted by molar-refractivity contribution is 7.80. The molecule has 0 saturated carbocycles. The molecule has 18 heavy (non-hydrogen) atoms. The molecule has 0 bridgehead atoms. The molecular formula is C17H18S. The van der Waals surface area contributed by atoms with Gasteiger partial charge in [0, 0.05) is 0 Å². The van der Waals surface area contributed by atoms with Gasteiger partial charge in [0.25, 0.3) is 0 Å². The van der Waals surface area contributed by atoms with Crippen LogP contribution in [0.3, 0.4) is 0 Å². The van der Waals surface area contributed by atoms with E-state index in [9.17, 15) is 0 Å². The number of hydrogen-bond acceptors (Lipinski definition) is 1. The van der Waals surface area contributed by atoms with Crippen molar-refractivity contribution in [3.63, 3.8) is 0 Å². The third-order valence-corrected chi connectivity index (χ3v) is 3.10. The van der Waals surface area contributed by atoms with E-state index >= 15 is 0 Å². The molecule has 0 atom stereocenters. The van der Waals surface area contributed by atoms with Crippen LogP contribution in [-0.2, 0) is 6.42 Å². The Kier molecular flexibility index (Phi) is 5.10. The average Bonchev–Trinajstić information content (AvgIpc) is 2.42. The number of thiol groups is 1. The largest absolute Gasteiger partial charge is 0.179 e. The van der Waals surface area contributed by atoms with Gasteiger partial charge in [-0.15, -0.1) is 0 Å². The summed E-state index contributed by atoms with van der Waals surface area (Å²) in [5, 5.41) is 0. The molecule has 0 aliphatic heterocycles. The summed E-state index contributed by atoms with van der Waals surface area (Å²) in [6, 6.07) is 19.3. The highest BCUT2D eigenvalue weighted by atomic mass is 32.1. The maximum Gasteiger partial charge on any atom is -0.00258 e. The Balaban J connectivity index is 2.00. The van der Waals surface area contributed by atoms with Crippen LogP contribution >= 0.6 is 12.6 Å². The second-order valence-corrected chi connectivity index (χ2v) is 4.77. The first-order valence-corrected chi connectivity index (χ1v) is 6.92. The van der Waals surface area contributed by atoms with Crippen molar-refractivity contribution in [2.75, 3.05) is 5.75 Å². The quantitative estimate of drug-likeness (QED) is 0.740. The molecule has 1 heteroatoms. The Morgan fingerprint density at radius 3 is 2.17 bits per heavy atom. The van der Waals surface area contributed by atoms with Crippen LogP contribution in [0, 0.1) is 0 Å². The first kappa shape index (κ1) is 13.0. The van der Waals surface area contributed by atoms with E-state index in [-0.39, 0.29) is 0 Å². The van der Waals surface area contributed by atoms with Crippen molar-refractivity contribution in [1.82, 2.24) is 0 Å². The maximum atomic E-state index is 4.19. The predicted octanol–water partition coefficient (Wildman–Crippen LogP) is 4.61. The summed E-state index contributed by atoms with van der Waals surface area (Å²) in [4.78, 5) is 0. The molecule has 0 nitrogen and oxygen atoms in total. The van der Waals surface area contributed by atoms with E-state index in [0.29, 0.717) is 0 Å². The van der Waals surface area contributed by atoms with E-state index in [1.54, 1.807) is 0 Å². The molecule has 92 valence electrons. The fourth-order valence-corrected chi connectivity index (χ4v) is 2.02. The Morgan fingerprint density at radius 1 is 0.833 bits per heavy atom. The molecule has 0 fully saturated rings. The lowest BCUT2D eigenvalue weighted by Crippen LogP contribution is -1.87. The van der Waals surface area contributed by atoms with Gasteiger partial charge in [0.15, 0.2) is 0 Å². The van der Waals surface area contributed by atoms with Crippen LogP contribution < -0.4 is 0 Å². The molecule has 0 aliphatic rings. The minimum Gasteiger partial charge on any atom is -0.179 e. The fourth-order valence-electron chi connectivity index (χ4n) is 1.87. The lowest BCUT2D eigenvalue weighted by Gasteiger charge is -2.02. The second kappa shape index (κ2) is 7.07. The molecule has 0 aromatic heterocycles. The zero-order valence-corrected chi connectivity index (χ0v) is 11.3. The molecule has 2 rings (SSSR count). The maximum absolute atomic E-state index is 4.19. The van der Waals surface area contributed by atoms with E-state index in [1.165, 1.54) is 16.7 Å². The van der Waals surface area contributed by atoms with Gasteiger partial charge in [-0.2, -0.15) is 12.6 Å². The monoisotopic (exact) mass is 254 g/mol. The fraction of sp³-hybridized carbons (Fsp3) is 0.176. The van der Waals surface area contributed by atoms with E-state index in [4.69, 9.17) is 0 Å². The van der Waals surface area contributed by atoms with Crippen LogP contribution in [-0.4, -0.2) is 5.75 Å². The third kappa shape index (κ3) is 4.08. The van der Waals surface area contributed by atoms with Crippen molar-refractivity contribution in [3.8, 4) is 0 Å². The van der Waals surface area contributed by atoms with Gasteiger partial charge >= 0.3 is 0 Å². The summed E-state index contributed by atoms with van der Waals surface area (Å²) in [6.45, 7) is 0. The standard InChI is InChI=1S/C17H18S/c18-13-5-4-6-15-9-11-17(12-10-15)14-16-7-2-1-3-8-16/h1-4,6-12,18H,5,13-14H2. The van der Waals surface area contributed by atoms with Gasteiger partial charge in [-0.1, -0.05) is 66.7 Å². The Morgan fingerprint density at radius 2 is 1.50 bits per heavy atom. The number of allylic oxidation sites excluding steroid dienone is 1. The number of benzene rings is 2. The summed E-state index contributed by atoms with van der Waals surface area (Å²) in [5.74, 6) is 0.905. The van der Waals surface area contributed by atoms with Crippen molar-refractivity contribution in [1.29, 1.82) is 0 Å². The van der Waals surface area contributed by atoms with Crippen LogP contribution in [0.4, 0.5) is 0 Å². The molecule has 0 amide bonds. The van der Waals surface area contributed by atoms with Gasteiger partial charge in [-0.05, 0) is 35.3 Å². The van der Waals surface area contributed by atoms with Gasteiger partial charge in [0.05, 0.1) is 0 Å². The summed E-state index contributed by atoms with van der Waals surface area (Å²) in [5.41, 5.74) is 3.97. The van der Waals surface area contributed by atoms with Crippen LogP contribution in [0.1, 0.15) is 23.1 Å². The molecule has 0 aliphatic carbocycles. The van der Waals surface area contributed by atoms with E-state index < -0.39 is 0 Å². The molecule has 2 aromatic rings. The third-order valence-electron chi connectivity index (χ3n) is 2.84. The Hall–Kier alpha value is -1.47. The normalized spacial score (nSPS) is 10.9. The molecule has 0 radical (unpaired) electrons. The van der Waals surface area contributed by atoms with E-state index in [2.05, 4.69) is 79.4 Å². The van der Waals surface area contributed by atoms with Crippen LogP contribution in [0.15, 0.2) is 60.7 Å². The number of rotatable bonds is 5. The SMILES string of the molecule is SCCC=Cc1ccc(Cc2ccccc2)cc1. The van der Waals surface area contributed by atoms with Crippen LogP contribution in [0.5, 0.6) is 0 Å². The summed E-state index contributed by atoms with van der Waals surface area (Å²) < 4.78 is 0. The molecule has 0 saturated heterocycles.